The van der Waals surface area contributed by atoms with E-state index in [2.05, 4.69) is 4.98 Å². The first-order chi connectivity index (χ1) is 12.5. The topological polar surface area (TPSA) is 65.6 Å². The van der Waals surface area contributed by atoms with Gasteiger partial charge in [0.15, 0.2) is 5.75 Å². The van der Waals surface area contributed by atoms with Crippen molar-refractivity contribution in [2.45, 2.75) is 6.54 Å². The van der Waals surface area contributed by atoms with E-state index < -0.39 is 11.6 Å². The molecule has 0 bridgehead atoms. The van der Waals surface area contributed by atoms with Crippen molar-refractivity contribution in [3.63, 3.8) is 0 Å². The molecule has 0 unspecified atom stereocenters. The van der Waals surface area contributed by atoms with E-state index >= 15 is 0 Å². The van der Waals surface area contributed by atoms with Crippen molar-refractivity contribution >= 4 is 5.91 Å². The third-order valence-corrected chi connectivity index (χ3v) is 4.32. The van der Waals surface area contributed by atoms with Crippen molar-refractivity contribution in [2.75, 3.05) is 33.3 Å². The molecular formula is C18H19F2N3O3. The molecule has 3 rings (SSSR count). The molecular weight excluding hydrogens is 344 g/mol. The number of H-pyrrole nitrogens is 1. The van der Waals surface area contributed by atoms with Gasteiger partial charge in [0.05, 0.1) is 7.11 Å². The number of methoxy groups -OCH3 is 1. The molecule has 138 valence electrons. The summed E-state index contributed by atoms with van der Waals surface area (Å²) in [6.45, 7) is 2.49. The first-order valence-electron chi connectivity index (χ1n) is 8.19. The van der Waals surface area contributed by atoms with Crippen molar-refractivity contribution in [2.24, 2.45) is 0 Å². The van der Waals surface area contributed by atoms with Gasteiger partial charge in [0.1, 0.15) is 17.3 Å². The average molecular weight is 363 g/mol. The van der Waals surface area contributed by atoms with Crippen LogP contribution in [0.15, 0.2) is 35.3 Å². The Labute approximate surface area is 149 Å². The number of piperazine rings is 1. The monoisotopic (exact) mass is 363 g/mol. The van der Waals surface area contributed by atoms with Gasteiger partial charge < -0.3 is 14.6 Å². The van der Waals surface area contributed by atoms with Gasteiger partial charge in [-0.3, -0.25) is 14.5 Å². The van der Waals surface area contributed by atoms with Crippen LogP contribution < -0.4 is 10.2 Å². The summed E-state index contributed by atoms with van der Waals surface area (Å²) in [4.78, 5) is 30.7. The van der Waals surface area contributed by atoms with Crippen molar-refractivity contribution in [1.82, 2.24) is 14.8 Å². The second-order valence-electron chi connectivity index (χ2n) is 6.13. The number of aromatic nitrogens is 1. The fourth-order valence-corrected chi connectivity index (χ4v) is 2.98. The molecule has 1 aromatic heterocycles. The zero-order chi connectivity index (χ0) is 18.7. The molecule has 0 radical (unpaired) electrons. The van der Waals surface area contributed by atoms with Gasteiger partial charge in [-0.1, -0.05) is 0 Å². The smallest absolute Gasteiger partial charge is 0.270 e. The third-order valence-electron chi connectivity index (χ3n) is 4.32. The number of carbonyl (C=O) groups excluding carboxylic acids is 1. The van der Waals surface area contributed by atoms with Gasteiger partial charge in [-0.2, -0.15) is 0 Å². The zero-order valence-corrected chi connectivity index (χ0v) is 14.3. The summed E-state index contributed by atoms with van der Waals surface area (Å²) in [5.41, 5.74) is 0.402. The number of nitrogens with zero attached hydrogens (tertiary/aromatic N) is 2. The minimum atomic E-state index is -0.600. The molecule has 0 spiro atoms. The highest BCUT2D eigenvalue weighted by atomic mass is 19.1. The number of rotatable bonds is 4. The molecule has 26 heavy (non-hydrogen) atoms. The number of nitrogens with one attached hydrogen (secondary N) is 1. The molecule has 2 heterocycles. The summed E-state index contributed by atoms with van der Waals surface area (Å²) in [6.07, 6.45) is 1.37. The van der Waals surface area contributed by atoms with Crippen LogP contribution in [0, 0.1) is 11.6 Å². The highest BCUT2D eigenvalue weighted by molar-refractivity contribution is 5.92. The van der Waals surface area contributed by atoms with E-state index in [1.165, 1.54) is 31.5 Å². The minimum absolute atomic E-state index is 0.147. The third kappa shape index (κ3) is 4.08. The number of hydrogen-bond acceptors (Lipinski definition) is 4. The van der Waals surface area contributed by atoms with Crippen LogP contribution >= 0.6 is 0 Å². The van der Waals surface area contributed by atoms with E-state index in [0.29, 0.717) is 38.3 Å². The van der Waals surface area contributed by atoms with E-state index in [4.69, 9.17) is 4.74 Å². The molecule has 1 aliphatic heterocycles. The Morgan fingerprint density at radius 3 is 2.35 bits per heavy atom. The molecule has 1 N–H and O–H groups in total. The maximum absolute atomic E-state index is 13.3. The van der Waals surface area contributed by atoms with Crippen molar-refractivity contribution < 1.29 is 18.3 Å². The largest absolute Gasteiger partial charge is 0.491 e. The summed E-state index contributed by atoms with van der Waals surface area (Å²) in [7, 11) is 1.38. The first kappa shape index (κ1) is 18.1. The maximum atomic E-state index is 13.3. The minimum Gasteiger partial charge on any atom is -0.491 e. The van der Waals surface area contributed by atoms with Gasteiger partial charge >= 0.3 is 0 Å². The number of aromatic amines is 1. The Morgan fingerprint density at radius 2 is 1.77 bits per heavy atom. The number of amides is 1. The fraction of sp³-hybridized carbons (Fsp3) is 0.333. The molecule has 2 aromatic rings. The lowest BCUT2D eigenvalue weighted by molar-refractivity contribution is 0.0622. The Hall–Kier alpha value is -2.74. The number of halogens is 2. The number of carbonyl (C=O) groups is 1. The Bertz CT molecular complexity index is 841. The van der Waals surface area contributed by atoms with E-state index in [1.807, 2.05) is 4.90 Å². The van der Waals surface area contributed by atoms with Crippen molar-refractivity contribution in [3.8, 4) is 5.75 Å². The molecule has 1 amide bonds. The average Bonchev–Trinajstić information content (AvgIpc) is 2.61. The summed E-state index contributed by atoms with van der Waals surface area (Å²) >= 11 is 0. The quantitative estimate of drug-likeness (QED) is 0.897. The van der Waals surface area contributed by atoms with Crippen molar-refractivity contribution in [3.05, 3.63) is 63.6 Å². The van der Waals surface area contributed by atoms with Crippen LogP contribution in [-0.2, 0) is 6.54 Å². The standard InChI is InChI=1S/C18H19F2N3O3/c1-26-17-10-21-15(9-16(17)24)18(25)23-4-2-22(3-5-23)11-12-6-13(19)8-14(20)7-12/h6-10H,2-5,11H2,1H3,(H,21,24). The molecule has 8 heteroatoms. The molecule has 1 saturated heterocycles. The fourth-order valence-electron chi connectivity index (χ4n) is 2.98. The highest BCUT2D eigenvalue weighted by Crippen LogP contribution is 2.13. The maximum Gasteiger partial charge on any atom is 0.270 e. The van der Waals surface area contributed by atoms with Gasteiger partial charge in [-0.05, 0) is 17.7 Å². The van der Waals surface area contributed by atoms with E-state index in [0.717, 1.165) is 6.07 Å². The first-order valence-corrected chi connectivity index (χ1v) is 8.19. The van der Waals surface area contributed by atoms with Crippen LogP contribution in [0.2, 0.25) is 0 Å². The van der Waals surface area contributed by atoms with Crippen molar-refractivity contribution in [1.29, 1.82) is 0 Å². The number of ether oxygens (including phenoxy) is 1. The van der Waals surface area contributed by atoms with E-state index in [1.54, 1.807) is 4.90 Å². The highest BCUT2D eigenvalue weighted by Gasteiger charge is 2.23. The predicted molar refractivity (Wildman–Crippen MR) is 91.2 cm³/mol. The lowest BCUT2D eigenvalue weighted by Gasteiger charge is -2.34. The van der Waals surface area contributed by atoms with Crippen LogP contribution in [0.1, 0.15) is 16.1 Å². The van der Waals surface area contributed by atoms with Crippen LogP contribution in [0.3, 0.4) is 0 Å². The number of hydrogen-bond donors (Lipinski definition) is 1. The van der Waals surface area contributed by atoms with E-state index in [9.17, 15) is 18.4 Å². The Kier molecular flexibility index (Phi) is 5.32. The van der Waals surface area contributed by atoms with Crippen LogP contribution in [0.4, 0.5) is 8.78 Å². The van der Waals surface area contributed by atoms with Gasteiger partial charge in [-0.25, -0.2) is 8.78 Å². The normalized spacial score (nSPS) is 15.1. The predicted octanol–water partition coefficient (Wildman–Crippen LogP) is 1.62. The SMILES string of the molecule is COc1c[nH]c(C(=O)N2CCN(Cc3cc(F)cc(F)c3)CC2)cc1=O. The van der Waals surface area contributed by atoms with Gasteiger partial charge in [0, 0.05) is 51.1 Å². The van der Waals surface area contributed by atoms with Crippen LogP contribution in [0.5, 0.6) is 5.75 Å². The molecule has 0 atom stereocenters. The summed E-state index contributed by atoms with van der Waals surface area (Å²) in [5.74, 6) is -1.32. The summed E-state index contributed by atoms with van der Waals surface area (Å²) < 4.78 is 31.4. The Morgan fingerprint density at radius 1 is 1.12 bits per heavy atom. The molecule has 1 aliphatic rings. The second-order valence-corrected chi connectivity index (χ2v) is 6.13. The molecule has 6 nitrogen and oxygen atoms in total. The number of benzene rings is 1. The van der Waals surface area contributed by atoms with Gasteiger partial charge in [0.2, 0.25) is 5.43 Å². The number of pyridine rings is 1. The Balaban J connectivity index is 1.60. The van der Waals surface area contributed by atoms with Gasteiger partial charge in [0.25, 0.3) is 5.91 Å². The summed E-state index contributed by atoms with van der Waals surface area (Å²) in [5, 5.41) is 0. The van der Waals surface area contributed by atoms with E-state index in [-0.39, 0.29) is 22.8 Å². The molecule has 1 fully saturated rings. The molecule has 0 aliphatic carbocycles. The zero-order valence-electron chi connectivity index (χ0n) is 14.3. The lowest BCUT2D eigenvalue weighted by atomic mass is 10.2. The summed E-state index contributed by atoms with van der Waals surface area (Å²) in [6, 6.07) is 4.68. The van der Waals surface area contributed by atoms with Crippen LogP contribution in [-0.4, -0.2) is 54.0 Å². The molecule has 0 saturated carbocycles. The lowest BCUT2D eigenvalue weighted by Crippen LogP contribution is -2.48. The van der Waals surface area contributed by atoms with Crippen LogP contribution in [0.25, 0.3) is 0 Å². The van der Waals surface area contributed by atoms with Gasteiger partial charge in [-0.15, -0.1) is 0 Å². The molecule has 1 aromatic carbocycles. The second kappa shape index (κ2) is 7.65.